The van der Waals surface area contributed by atoms with E-state index in [9.17, 15) is 4.79 Å². The second-order valence-electron chi connectivity index (χ2n) is 6.03. The van der Waals surface area contributed by atoms with E-state index < -0.39 is 0 Å². The van der Waals surface area contributed by atoms with Crippen LogP contribution in [0, 0.1) is 13.8 Å². The van der Waals surface area contributed by atoms with Crippen LogP contribution in [0.1, 0.15) is 22.6 Å². The number of aromatic amines is 1. The van der Waals surface area contributed by atoms with Crippen molar-refractivity contribution in [1.29, 1.82) is 0 Å². The van der Waals surface area contributed by atoms with Crippen molar-refractivity contribution in [2.24, 2.45) is 0 Å². The zero-order valence-electron chi connectivity index (χ0n) is 14.4. The van der Waals surface area contributed by atoms with Gasteiger partial charge in [-0.1, -0.05) is 23.8 Å². The first-order valence-electron chi connectivity index (χ1n) is 8.26. The minimum absolute atomic E-state index is 0.109. The fourth-order valence-electron chi connectivity index (χ4n) is 2.60. The van der Waals surface area contributed by atoms with Gasteiger partial charge in [-0.15, -0.1) is 0 Å². The van der Waals surface area contributed by atoms with Gasteiger partial charge >= 0.3 is 0 Å². The van der Waals surface area contributed by atoms with Crippen molar-refractivity contribution in [3.8, 4) is 11.4 Å². The lowest BCUT2D eigenvalue weighted by Gasteiger charge is -2.06. The lowest BCUT2D eigenvalue weighted by Crippen LogP contribution is -2.19. The lowest BCUT2D eigenvalue weighted by molar-refractivity contribution is 0.673. The van der Waals surface area contributed by atoms with E-state index in [4.69, 9.17) is 0 Å². The quantitative estimate of drug-likeness (QED) is 0.675. The van der Waals surface area contributed by atoms with Crippen molar-refractivity contribution in [3.05, 3.63) is 75.7 Å². The fourth-order valence-corrected chi connectivity index (χ4v) is 2.60. The van der Waals surface area contributed by atoms with Crippen LogP contribution in [-0.2, 0) is 13.0 Å². The lowest BCUT2D eigenvalue weighted by atomic mass is 10.1. The molecular weight excluding hydrogens is 314 g/mol. The Morgan fingerprint density at radius 2 is 1.92 bits per heavy atom. The molecule has 0 atom stereocenters. The molecule has 0 radical (unpaired) electrons. The second-order valence-corrected chi connectivity index (χ2v) is 6.03. The molecule has 3 aromatic rings. The average Bonchev–Trinajstić information content (AvgIpc) is 2.58. The summed E-state index contributed by atoms with van der Waals surface area (Å²) in [6.45, 7) is 5.25. The third-order valence-corrected chi connectivity index (χ3v) is 3.78. The molecule has 25 heavy (non-hydrogen) atoms. The van der Waals surface area contributed by atoms with Gasteiger partial charge in [-0.25, -0.2) is 15.0 Å². The number of hydrogen-bond donors (Lipinski definition) is 2. The summed E-state index contributed by atoms with van der Waals surface area (Å²) in [6, 6.07) is 9.68. The van der Waals surface area contributed by atoms with Crippen LogP contribution in [0.4, 0.5) is 0 Å². The smallest absolute Gasteiger partial charge is 0.251 e. The Morgan fingerprint density at radius 3 is 2.64 bits per heavy atom. The Kier molecular flexibility index (Phi) is 5.30. The van der Waals surface area contributed by atoms with Crippen molar-refractivity contribution in [3.63, 3.8) is 0 Å². The van der Waals surface area contributed by atoms with Gasteiger partial charge in [-0.3, -0.25) is 4.79 Å². The van der Waals surface area contributed by atoms with Gasteiger partial charge in [0.15, 0.2) is 5.82 Å². The Morgan fingerprint density at radius 1 is 1.12 bits per heavy atom. The molecule has 0 unspecified atom stereocenters. The van der Waals surface area contributed by atoms with Crippen molar-refractivity contribution >= 4 is 0 Å². The highest BCUT2D eigenvalue weighted by molar-refractivity contribution is 5.55. The third kappa shape index (κ3) is 4.81. The van der Waals surface area contributed by atoms with Gasteiger partial charge in [-0.05, 0) is 19.9 Å². The molecule has 0 spiro atoms. The van der Waals surface area contributed by atoms with E-state index in [1.54, 1.807) is 6.92 Å². The molecule has 128 valence electrons. The van der Waals surface area contributed by atoms with E-state index in [-0.39, 0.29) is 5.56 Å². The summed E-state index contributed by atoms with van der Waals surface area (Å²) in [5.41, 5.74) is 3.92. The molecule has 0 aliphatic heterocycles. The minimum Gasteiger partial charge on any atom is -0.312 e. The van der Waals surface area contributed by atoms with E-state index in [1.807, 2.05) is 24.5 Å². The van der Waals surface area contributed by atoms with E-state index in [0.717, 1.165) is 29.2 Å². The monoisotopic (exact) mass is 335 g/mol. The van der Waals surface area contributed by atoms with Crippen LogP contribution >= 0.6 is 0 Å². The molecule has 2 N–H and O–H groups in total. The Hall–Kier alpha value is -2.86. The van der Waals surface area contributed by atoms with Gasteiger partial charge in [0.25, 0.3) is 5.56 Å². The Balaban J connectivity index is 1.53. The molecule has 6 heteroatoms. The summed E-state index contributed by atoms with van der Waals surface area (Å²) >= 11 is 0. The number of aromatic nitrogens is 4. The first kappa shape index (κ1) is 17.0. The van der Waals surface area contributed by atoms with E-state index in [1.165, 1.54) is 11.6 Å². The maximum Gasteiger partial charge on any atom is 0.251 e. The molecule has 0 aliphatic rings. The molecule has 2 heterocycles. The topological polar surface area (TPSA) is 83.6 Å². The first-order valence-corrected chi connectivity index (χ1v) is 8.26. The van der Waals surface area contributed by atoms with E-state index in [0.29, 0.717) is 18.8 Å². The van der Waals surface area contributed by atoms with Gasteiger partial charge in [0.05, 0.1) is 0 Å². The third-order valence-electron chi connectivity index (χ3n) is 3.78. The summed E-state index contributed by atoms with van der Waals surface area (Å²) in [6.07, 6.45) is 4.38. The molecular formula is C19H21N5O. The normalized spacial score (nSPS) is 10.8. The number of nitrogens with one attached hydrogen (secondary N) is 2. The first-order chi connectivity index (χ1) is 12.1. The number of rotatable bonds is 6. The van der Waals surface area contributed by atoms with Crippen molar-refractivity contribution in [2.45, 2.75) is 26.8 Å². The minimum atomic E-state index is -0.109. The summed E-state index contributed by atoms with van der Waals surface area (Å²) in [4.78, 5) is 27.2. The van der Waals surface area contributed by atoms with Crippen LogP contribution in [-0.4, -0.2) is 26.5 Å². The van der Waals surface area contributed by atoms with Crippen molar-refractivity contribution in [1.82, 2.24) is 25.3 Å². The SMILES string of the molecule is Cc1cccc(-c2ncc(CNCCc3cc(=O)[nH]c(C)n3)cn2)c1. The number of aryl methyl sites for hydroxylation is 2. The largest absolute Gasteiger partial charge is 0.312 e. The molecule has 6 nitrogen and oxygen atoms in total. The molecule has 0 amide bonds. The predicted octanol–water partition coefficient (Wildman–Crippen LogP) is 2.18. The standard InChI is InChI=1S/C19H21N5O/c1-13-4-3-5-16(8-13)19-21-11-15(12-22-19)10-20-7-6-17-9-18(25)24-14(2)23-17/h3-5,8-9,11-12,20H,6-7,10H2,1-2H3,(H,23,24,25). The highest BCUT2D eigenvalue weighted by atomic mass is 16.1. The zero-order chi connectivity index (χ0) is 17.6. The van der Waals surface area contributed by atoms with Crippen LogP contribution < -0.4 is 10.9 Å². The highest BCUT2D eigenvalue weighted by Gasteiger charge is 2.02. The van der Waals surface area contributed by atoms with E-state index >= 15 is 0 Å². The molecule has 0 saturated heterocycles. The molecule has 0 bridgehead atoms. The molecule has 0 saturated carbocycles. The van der Waals surface area contributed by atoms with Gasteiger partial charge < -0.3 is 10.3 Å². The van der Waals surface area contributed by atoms with Gasteiger partial charge in [-0.2, -0.15) is 0 Å². The van der Waals surface area contributed by atoms with Gasteiger partial charge in [0, 0.05) is 54.8 Å². The maximum atomic E-state index is 11.4. The molecule has 0 fully saturated rings. The summed E-state index contributed by atoms with van der Waals surface area (Å²) in [7, 11) is 0. The molecule has 0 aliphatic carbocycles. The highest BCUT2D eigenvalue weighted by Crippen LogP contribution is 2.15. The zero-order valence-corrected chi connectivity index (χ0v) is 14.4. The molecule has 3 rings (SSSR count). The summed E-state index contributed by atoms with van der Waals surface area (Å²) < 4.78 is 0. The Labute approximate surface area is 146 Å². The number of hydrogen-bond acceptors (Lipinski definition) is 5. The van der Waals surface area contributed by atoms with Crippen LogP contribution in [0.3, 0.4) is 0 Å². The number of benzene rings is 1. The second kappa shape index (κ2) is 7.81. The van der Waals surface area contributed by atoms with Crippen LogP contribution in [0.2, 0.25) is 0 Å². The van der Waals surface area contributed by atoms with Gasteiger partial charge in [0.2, 0.25) is 0 Å². The fraction of sp³-hybridized carbons (Fsp3) is 0.263. The van der Waals surface area contributed by atoms with Crippen LogP contribution in [0.15, 0.2) is 47.5 Å². The average molecular weight is 335 g/mol. The maximum absolute atomic E-state index is 11.4. The van der Waals surface area contributed by atoms with E-state index in [2.05, 4.69) is 44.3 Å². The number of H-pyrrole nitrogens is 1. The number of nitrogens with zero attached hydrogens (tertiary/aromatic N) is 3. The van der Waals surface area contributed by atoms with Crippen molar-refractivity contribution in [2.75, 3.05) is 6.54 Å². The molecule has 2 aromatic heterocycles. The van der Waals surface area contributed by atoms with Crippen molar-refractivity contribution < 1.29 is 0 Å². The van der Waals surface area contributed by atoms with Crippen LogP contribution in [0.25, 0.3) is 11.4 Å². The summed E-state index contributed by atoms with van der Waals surface area (Å²) in [5.74, 6) is 1.37. The molecule has 1 aromatic carbocycles. The summed E-state index contributed by atoms with van der Waals surface area (Å²) in [5, 5.41) is 3.33. The van der Waals surface area contributed by atoms with Gasteiger partial charge in [0.1, 0.15) is 5.82 Å². The predicted molar refractivity (Wildman–Crippen MR) is 97.2 cm³/mol. The Bertz CT molecular complexity index is 902. The van der Waals surface area contributed by atoms with Crippen LogP contribution in [0.5, 0.6) is 0 Å².